The molecule has 0 fully saturated rings. The molecule has 0 heterocycles. The fourth-order valence-corrected chi connectivity index (χ4v) is 3.30. The highest BCUT2D eigenvalue weighted by Crippen LogP contribution is 2.10. The minimum atomic E-state index is -1.48. The van der Waals surface area contributed by atoms with Crippen molar-refractivity contribution in [2.45, 2.75) is 70.1 Å². The van der Waals surface area contributed by atoms with Crippen molar-refractivity contribution in [2.75, 3.05) is 25.2 Å². The molecular formula is C20H39N5O6S. The summed E-state index contributed by atoms with van der Waals surface area (Å²) in [5, 5.41) is 25.8. The number of rotatable bonds is 17. The molecule has 0 saturated carbocycles. The lowest BCUT2D eigenvalue weighted by Crippen LogP contribution is -2.59. The maximum atomic E-state index is 13.0. The maximum absolute atomic E-state index is 13.0. The number of hydrogen-bond acceptors (Lipinski definition) is 8. The minimum absolute atomic E-state index is 0.317. The summed E-state index contributed by atoms with van der Waals surface area (Å²) in [7, 11) is 0. The van der Waals surface area contributed by atoms with Crippen molar-refractivity contribution in [3.05, 3.63) is 0 Å². The summed E-state index contributed by atoms with van der Waals surface area (Å²) >= 11 is 1.50. The predicted molar refractivity (Wildman–Crippen MR) is 124 cm³/mol. The van der Waals surface area contributed by atoms with E-state index in [1.165, 1.54) is 11.8 Å². The molecule has 0 bridgehead atoms. The first-order valence-electron chi connectivity index (χ1n) is 10.8. The average Bonchev–Trinajstić information content (AvgIpc) is 2.77. The van der Waals surface area contributed by atoms with Gasteiger partial charge in [-0.1, -0.05) is 26.7 Å². The number of aliphatic hydroxyl groups is 1. The Hall–Kier alpha value is -1.89. The lowest BCUT2D eigenvalue weighted by atomic mass is 9.97. The van der Waals surface area contributed by atoms with Gasteiger partial charge >= 0.3 is 5.97 Å². The van der Waals surface area contributed by atoms with Gasteiger partial charge in [0.2, 0.25) is 17.7 Å². The van der Waals surface area contributed by atoms with Crippen LogP contribution in [0, 0.1) is 5.92 Å². The minimum Gasteiger partial charge on any atom is -0.480 e. The standard InChI is InChI=1S/C20H39N5O6S/c1-4-12(2)16(19(29)24-15(11-26)20(30)31)25-18(28)14(8-10-32-3)23-17(27)13(22)7-5-6-9-21/h12-16,26H,4-11,21-22H2,1-3H3,(H,23,27)(H,24,29)(H,25,28)(H,30,31). The third-order valence-electron chi connectivity index (χ3n) is 5.14. The van der Waals surface area contributed by atoms with E-state index in [0.717, 1.165) is 6.42 Å². The van der Waals surface area contributed by atoms with Crippen molar-refractivity contribution in [3.63, 3.8) is 0 Å². The molecule has 0 aliphatic heterocycles. The molecule has 0 aromatic rings. The highest BCUT2D eigenvalue weighted by molar-refractivity contribution is 7.98. The van der Waals surface area contributed by atoms with Gasteiger partial charge in [0.1, 0.15) is 18.1 Å². The maximum Gasteiger partial charge on any atom is 0.328 e. The Kier molecular flexibility index (Phi) is 15.7. The monoisotopic (exact) mass is 477 g/mol. The zero-order chi connectivity index (χ0) is 24.7. The topological polar surface area (TPSA) is 197 Å². The number of nitrogens with two attached hydrogens (primary N) is 2. The molecule has 5 unspecified atom stereocenters. The fraction of sp³-hybridized carbons (Fsp3) is 0.800. The van der Waals surface area contributed by atoms with Gasteiger partial charge in [-0.25, -0.2) is 4.79 Å². The molecule has 12 heteroatoms. The van der Waals surface area contributed by atoms with E-state index in [0.29, 0.717) is 38.0 Å². The Morgan fingerprint density at radius 1 is 0.969 bits per heavy atom. The summed E-state index contributed by atoms with van der Waals surface area (Å²) in [5.74, 6) is -2.85. The summed E-state index contributed by atoms with van der Waals surface area (Å²) in [6.07, 6.45) is 4.61. The van der Waals surface area contributed by atoms with Crippen molar-refractivity contribution < 1.29 is 29.4 Å². The third-order valence-corrected chi connectivity index (χ3v) is 5.78. The molecule has 5 atom stereocenters. The lowest BCUT2D eigenvalue weighted by molar-refractivity contribution is -0.143. The molecule has 11 nitrogen and oxygen atoms in total. The predicted octanol–water partition coefficient (Wildman–Crippen LogP) is -1.23. The molecule has 0 aromatic carbocycles. The van der Waals surface area contributed by atoms with Crippen LogP contribution < -0.4 is 27.4 Å². The lowest BCUT2D eigenvalue weighted by Gasteiger charge is -2.28. The Morgan fingerprint density at radius 3 is 2.09 bits per heavy atom. The number of nitrogens with one attached hydrogen (secondary N) is 3. The largest absolute Gasteiger partial charge is 0.480 e. The summed E-state index contributed by atoms with van der Waals surface area (Å²) in [6.45, 7) is 3.29. The number of hydrogen-bond donors (Lipinski definition) is 7. The van der Waals surface area contributed by atoms with Crippen molar-refractivity contribution in [1.82, 2.24) is 16.0 Å². The van der Waals surface area contributed by atoms with E-state index in [9.17, 15) is 19.2 Å². The van der Waals surface area contributed by atoms with Crippen molar-refractivity contribution in [1.29, 1.82) is 0 Å². The second kappa shape index (κ2) is 16.7. The molecule has 32 heavy (non-hydrogen) atoms. The van der Waals surface area contributed by atoms with Gasteiger partial charge < -0.3 is 37.6 Å². The Labute approximate surface area is 193 Å². The smallest absolute Gasteiger partial charge is 0.328 e. The van der Waals surface area contributed by atoms with Crippen LogP contribution in [0.25, 0.3) is 0 Å². The van der Waals surface area contributed by atoms with Crippen molar-refractivity contribution in [3.8, 4) is 0 Å². The molecule has 0 spiro atoms. The first-order chi connectivity index (χ1) is 15.1. The number of carbonyl (C=O) groups is 4. The zero-order valence-corrected chi connectivity index (χ0v) is 20.0. The van der Waals surface area contributed by atoms with Crippen LogP contribution in [0.3, 0.4) is 0 Å². The molecule has 0 saturated heterocycles. The van der Waals surface area contributed by atoms with Crippen LogP contribution in [-0.2, 0) is 19.2 Å². The van der Waals surface area contributed by atoms with Gasteiger partial charge in [-0.2, -0.15) is 11.8 Å². The Bertz CT molecular complexity index is 609. The molecule has 3 amide bonds. The molecule has 0 aliphatic rings. The number of aliphatic hydroxyl groups excluding tert-OH is 1. The van der Waals surface area contributed by atoms with Gasteiger partial charge in [-0.15, -0.1) is 0 Å². The molecular weight excluding hydrogens is 438 g/mol. The van der Waals surface area contributed by atoms with E-state index < -0.39 is 54.5 Å². The molecule has 0 aliphatic carbocycles. The van der Waals surface area contributed by atoms with Crippen molar-refractivity contribution >= 4 is 35.5 Å². The number of carboxylic acids is 1. The van der Waals surface area contributed by atoms with Crippen LogP contribution in [0.15, 0.2) is 0 Å². The molecule has 0 rings (SSSR count). The van der Waals surface area contributed by atoms with Gasteiger partial charge in [0, 0.05) is 0 Å². The first kappa shape index (κ1) is 30.1. The second-order valence-corrected chi connectivity index (χ2v) is 8.67. The Morgan fingerprint density at radius 2 is 1.59 bits per heavy atom. The summed E-state index contributed by atoms with van der Waals surface area (Å²) < 4.78 is 0. The van der Waals surface area contributed by atoms with E-state index in [1.54, 1.807) is 6.92 Å². The van der Waals surface area contributed by atoms with Gasteiger partial charge in [0.05, 0.1) is 12.6 Å². The summed E-state index contributed by atoms with van der Waals surface area (Å²) in [5.41, 5.74) is 11.4. The van der Waals surface area contributed by atoms with Crippen molar-refractivity contribution in [2.24, 2.45) is 17.4 Å². The van der Waals surface area contributed by atoms with Crippen LogP contribution in [0.4, 0.5) is 0 Å². The molecule has 186 valence electrons. The van der Waals surface area contributed by atoms with Gasteiger partial charge in [0.15, 0.2) is 0 Å². The summed E-state index contributed by atoms with van der Waals surface area (Å²) in [6, 6.07) is -4.19. The van der Waals surface area contributed by atoms with Crippen LogP contribution in [0.5, 0.6) is 0 Å². The number of carbonyl (C=O) groups excluding carboxylic acids is 3. The SMILES string of the molecule is CCC(C)C(NC(=O)C(CCSC)NC(=O)C(N)CCCCN)C(=O)NC(CO)C(=O)O. The second-order valence-electron chi connectivity index (χ2n) is 7.69. The van der Waals surface area contributed by atoms with E-state index in [4.69, 9.17) is 21.7 Å². The van der Waals surface area contributed by atoms with Gasteiger partial charge in [-0.3, -0.25) is 14.4 Å². The first-order valence-corrected chi connectivity index (χ1v) is 12.2. The van der Waals surface area contributed by atoms with Crippen LogP contribution >= 0.6 is 11.8 Å². The van der Waals surface area contributed by atoms with Gasteiger partial charge in [0.25, 0.3) is 0 Å². The van der Waals surface area contributed by atoms with E-state index in [-0.39, 0.29) is 5.92 Å². The highest BCUT2D eigenvalue weighted by Gasteiger charge is 2.32. The van der Waals surface area contributed by atoms with E-state index >= 15 is 0 Å². The number of carboxylic acid groups (broad SMARTS) is 1. The molecule has 0 aromatic heterocycles. The Balaban J connectivity index is 5.33. The third kappa shape index (κ3) is 11.1. The fourth-order valence-electron chi connectivity index (χ4n) is 2.83. The number of thioether (sulfide) groups is 1. The number of amides is 3. The van der Waals surface area contributed by atoms with E-state index in [1.807, 2.05) is 13.2 Å². The molecule has 0 radical (unpaired) electrons. The normalized spacial score (nSPS) is 15.7. The number of aliphatic carboxylic acids is 1. The van der Waals surface area contributed by atoms with E-state index in [2.05, 4.69) is 16.0 Å². The zero-order valence-electron chi connectivity index (χ0n) is 19.1. The van der Waals surface area contributed by atoms with Crippen LogP contribution in [0.2, 0.25) is 0 Å². The van der Waals surface area contributed by atoms with Crippen LogP contribution in [-0.4, -0.2) is 83.2 Å². The highest BCUT2D eigenvalue weighted by atomic mass is 32.2. The quantitative estimate of drug-likeness (QED) is 0.125. The average molecular weight is 478 g/mol. The molecule has 9 N–H and O–H groups in total. The number of unbranched alkanes of at least 4 members (excludes halogenated alkanes) is 1. The van der Waals surface area contributed by atoms with Gasteiger partial charge in [-0.05, 0) is 43.7 Å². The van der Waals surface area contributed by atoms with Crippen LogP contribution in [0.1, 0.15) is 46.0 Å². The summed E-state index contributed by atoms with van der Waals surface area (Å²) in [4.78, 5) is 49.2.